The van der Waals surface area contributed by atoms with Crippen LogP contribution >= 0.6 is 11.6 Å². The Morgan fingerprint density at radius 2 is 1.88 bits per heavy atom. The van der Waals surface area contributed by atoms with Gasteiger partial charge in [0.25, 0.3) is 0 Å². The van der Waals surface area contributed by atoms with Crippen LogP contribution in [0.25, 0.3) is 11.0 Å². The summed E-state index contributed by atoms with van der Waals surface area (Å²) >= 11 is 5.91. The SMILES string of the molecule is Clc1ccc2[nH]c(Nc3ccccc3)nc2c1. The van der Waals surface area contributed by atoms with Gasteiger partial charge in [0.05, 0.1) is 11.0 Å². The Labute approximate surface area is 103 Å². The smallest absolute Gasteiger partial charge is 0.205 e. The minimum absolute atomic E-state index is 0.690. The van der Waals surface area contributed by atoms with E-state index in [1.807, 2.05) is 48.5 Å². The molecule has 2 N–H and O–H groups in total. The van der Waals surface area contributed by atoms with Crippen molar-refractivity contribution in [2.75, 3.05) is 5.32 Å². The van der Waals surface area contributed by atoms with Crippen LogP contribution in [-0.2, 0) is 0 Å². The van der Waals surface area contributed by atoms with E-state index in [0.29, 0.717) is 11.0 Å². The van der Waals surface area contributed by atoms with Gasteiger partial charge in [0.15, 0.2) is 0 Å². The lowest BCUT2D eigenvalue weighted by Gasteiger charge is -2.00. The molecular formula is C13H10ClN3. The second kappa shape index (κ2) is 4.11. The summed E-state index contributed by atoms with van der Waals surface area (Å²) in [6.45, 7) is 0. The highest BCUT2D eigenvalue weighted by atomic mass is 35.5. The normalized spacial score (nSPS) is 10.6. The maximum atomic E-state index is 5.91. The van der Waals surface area contributed by atoms with Crippen molar-refractivity contribution in [3.05, 3.63) is 53.6 Å². The summed E-state index contributed by atoms with van der Waals surface area (Å²) in [6.07, 6.45) is 0. The molecule has 84 valence electrons. The average molecular weight is 244 g/mol. The number of H-pyrrole nitrogens is 1. The lowest BCUT2D eigenvalue weighted by molar-refractivity contribution is 1.31. The van der Waals surface area contributed by atoms with Gasteiger partial charge >= 0.3 is 0 Å². The molecule has 0 unspecified atom stereocenters. The van der Waals surface area contributed by atoms with Crippen LogP contribution in [0, 0.1) is 0 Å². The minimum atomic E-state index is 0.690. The summed E-state index contributed by atoms with van der Waals surface area (Å²) in [4.78, 5) is 7.61. The number of halogens is 1. The number of aromatic nitrogens is 2. The van der Waals surface area contributed by atoms with Crippen LogP contribution < -0.4 is 5.32 Å². The molecule has 0 fully saturated rings. The minimum Gasteiger partial charge on any atom is -0.326 e. The molecule has 0 bridgehead atoms. The molecule has 0 atom stereocenters. The van der Waals surface area contributed by atoms with Gasteiger partial charge in [0.1, 0.15) is 0 Å². The molecule has 1 heterocycles. The number of anilines is 2. The molecule has 0 aliphatic rings. The van der Waals surface area contributed by atoms with Crippen molar-refractivity contribution in [1.82, 2.24) is 9.97 Å². The lowest BCUT2D eigenvalue weighted by atomic mass is 10.3. The van der Waals surface area contributed by atoms with Crippen molar-refractivity contribution in [3.8, 4) is 0 Å². The first kappa shape index (κ1) is 10.2. The summed E-state index contributed by atoms with van der Waals surface area (Å²) in [6, 6.07) is 15.5. The zero-order valence-corrected chi connectivity index (χ0v) is 9.70. The van der Waals surface area contributed by atoms with Crippen molar-refractivity contribution < 1.29 is 0 Å². The number of nitrogens with one attached hydrogen (secondary N) is 2. The topological polar surface area (TPSA) is 40.7 Å². The number of rotatable bonds is 2. The highest BCUT2D eigenvalue weighted by molar-refractivity contribution is 6.31. The van der Waals surface area contributed by atoms with Crippen LogP contribution in [0.5, 0.6) is 0 Å². The first-order valence-electron chi connectivity index (χ1n) is 5.28. The quantitative estimate of drug-likeness (QED) is 0.715. The van der Waals surface area contributed by atoms with Gasteiger partial charge in [-0.2, -0.15) is 0 Å². The molecule has 0 aliphatic carbocycles. The van der Waals surface area contributed by atoms with Crippen molar-refractivity contribution in [3.63, 3.8) is 0 Å². The van der Waals surface area contributed by atoms with Gasteiger partial charge in [-0.1, -0.05) is 29.8 Å². The van der Waals surface area contributed by atoms with Gasteiger partial charge in [0, 0.05) is 10.7 Å². The van der Waals surface area contributed by atoms with E-state index in [1.54, 1.807) is 0 Å². The van der Waals surface area contributed by atoms with E-state index in [4.69, 9.17) is 11.6 Å². The predicted octanol–water partition coefficient (Wildman–Crippen LogP) is 3.96. The number of nitrogens with zero attached hydrogens (tertiary/aromatic N) is 1. The summed E-state index contributed by atoms with van der Waals surface area (Å²) in [7, 11) is 0. The Kier molecular flexibility index (Phi) is 2.46. The summed E-state index contributed by atoms with van der Waals surface area (Å²) < 4.78 is 0. The number of imidazole rings is 1. The molecule has 0 amide bonds. The third-order valence-corrected chi connectivity index (χ3v) is 2.72. The van der Waals surface area contributed by atoms with Crippen molar-refractivity contribution in [1.29, 1.82) is 0 Å². The molecule has 2 aromatic carbocycles. The van der Waals surface area contributed by atoms with Gasteiger partial charge in [-0.05, 0) is 30.3 Å². The highest BCUT2D eigenvalue weighted by Gasteiger charge is 2.02. The molecular weight excluding hydrogens is 234 g/mol. The summed E-state index contributed by atoms with van der Waals surface area (Å²) in [5.74, 6) is 0.716. The maximum absolute atomic E-state index is 5.91. The van der Waals surface area contributed by atoms with E-state index in [2.05, 4.69) is 15.3 Å². The average Bonchev–Trinajstić information content (AvgIpc) is 2.71. The molecule has 0 aliphatic heterocycles. The highest BCUT2D eigenvalue weighted by Crippen LogP contribution is 2.20. The molecule has 0 radical (unpaired) electrons. The summed E-state index contributed by atoms with van der Waals surface area (Å²) in [5, 5.41) is 3.89. The number of aromatic amines is 1. The fraction of sp³-hybridized carbons (Fsp3) is 0. The third kappa shape index (κ3) is 2.10. The van der Waals surface area contributed by atoms with Crippen LogP contribution in [0.2, 0.25) is 5.02 Å². The van der Waals surface area contributed by atoms with Crippen LogP contribution in [0.1, 0.15) is 0 Å². The fourth-order valence-corrected chi connectivity index (χ4v) is 1.86. The van der Waals surface area contributed by atoms with E-state index in [9.17, 15) is 0 Å². The first-order chi connectivity index (χ1) is 8.31. The lowest BCUT2D eigenvalue weighted by Crippen LogP contribution is -1.90. The molecule has 3 nitrogen and oxygen atoms in total. The van der Waals surface area contributed by atoms with Gasteiger partial charge in [-0.15, -0.1) is 0 Å². The first-order valence-corrected chi connectivity index (χ1v) is 5.66. The van der Waals surface area contributed by atoms with Gasteiger partial charge in [-0.3, -0.25) is 0 Å². The number of para-hydroxylation sites is 1. The molecule has 1 aromatic heterocycles. The van der Waals surface area contributed by atoms with E-state index in [0.717, 1.165) is 16.7 Å². The fourth-order valence-electron chi connectivity index (χ4n) is 1.70. The zero-order chi connectivity index (χ0) is 11.7. The van der Waals surface area contributed by atoms with Crippen LogP contribution in [0.3, 0.4) is 0 Å². The number of hydrogen-bond acceptors (Lipinski definition) is 2. The predicted molar refractivity (Wildman–Crippen MR) is 70.8 cm³/mol. The largest absolute Gasteiger partial charge is 0.326 e. The van der Waals surface area contributed by atoms with E-state index in [1.165, 1.54) is 0 Å². The third-order valence-electron chi connectivity index (χ3n) is 2.48. The molecule has 4 heteroatoms. The van der Waals surface area contributed by atoms with Crippen LogP contribution in [0.4, 0.5) is 11.6 Å². The Balaban J connectivity index is 1.96. The molecule has 3 aromatic rings. The van der Waals surface area contributed by atoms with E-state index in [-0.39, 0.29) is 0 Å². The molecule has 0 saturated carbocycles. The van der Waals surface area contributed by atoms with E-state index < -0.39 is 0 Å². The Morgan fingerprint density at radius 1 is 1.06 bits per heavy atom. The van der Waals surface area contributed by atoms with E-state index >= 15 is 0 Å². The molecule has 3 rings (SSSR count). The van der Waals surface area contributed by atoms with Crippen molar-refractivity contribution >= 4 is 34.3 Å². The summed E-state index contributed by atoms with van der Waals surface area (Å²) in [5.41, 5.74) is 2.82. The van der Waals surface area contributed by atoms with Crippen molar-refractivity contribution in [2.24, 2.45) is 0 Å². The second-order valence-electron chi connectivity index (χ2n) is 3.74. The van der Waals surface area contributed by atoms with Crippen LogP contribution in [-0.4, -0.2) is 9.97 Å². The van der Waals surface area contributed by atoms with Gasteiger partial charge in [-0.25, -0.2) is 4.98 Å². The van der Waals surface area contributed by atoms with Crippen LogP contribution in [0.15, 0.2) is 48.5 Å². The molecule has 0 saturated heterocycles. The molecule has 0 spiro atoms. The maximum Gasteiger partial charge on any atom is 0.205 e. The second-order valence-corrected chi connectivity index (χ2v) is 4.17. The number of fused-ring (bicyclic) bond motifs is 1. The number of benzene rings is 2. The molecule has 17 heavy (non-hydrogen) atoms. The van der Waals surface area contributed by atoms with Gasteiger partial charge < -0.3 is 10.3 Å². The van der Waals surface area contributed by atoms with Gasteiger partial charge in [0.2, 0.25) is 5.95 Å². The standard InChI is InChI=1S/C13H10ClN3/c14-9-6-7-11-12(8-9)17-13(16-11)15-10-4-2-1-3-5-10/h1-8H,(H2,15,16,17). The zero-order valence-electron chi connectivity index (χ0n) is 8.94. The Hall–Kier alpha value is -2.00. The Morgan fingerprint density at radius 3 is 2.71 bits per heavy atom. The number of hydrogen-bond donors (Lipinski definition) is 2. The van der Waals surface area contributed by atoms with Crippen molar-refractivity contribution in [2.45, 2.75) is 0 Å². The Bertz CT molecular complexity index is 646. The monoisotopic (exact) mass is 243 g/mol.